The van der Waals surface area contributed by atoms with Gasteiger partial charge in [-0.15, -0.1) is 0 Å². The molecule has 5 heteroatoms. The minimum absolute atomic E-state index is 0.127. The molecule has 0 atom stereocenters. The minimum atomic E-state index is -0.794. The molecule has 2 rings (SSSR count). The van der Waals surface area contributed by atoms with Crippen molar-refractivity contribution in [1.29, 1.82) is 0 Å². The van der Waals surface area contributed by atoms with Crippen LogP contribution in [-0.4, -0.2) is 35.0 Å². The Balaban J connectivity index is 2.08. The lowest BCUT2D eigenvalue weighted by Crippen LogP contribution is -2.45. The van der Waals surface area contributed by atoms with E-state index in [0.717, 1.165) is 0 Å². The van der Waals surface area contributed by atoms with Crippen LogP contribution in [0.2, 0.25) is 5.02 Å². The third-order valence-corrected chi connectivity index (χ3v) is 4.10. The van der Waals surface area contributed by atoms with Crippen LogP contribution in [-0.2, 0) is 4.79 Å². The molecule has 0 aromatic heterocycles. The van der Waals surface area contributed by atoms with Gasteiger partial charge in [0.1, 0.15) is 0 Å². The summed E-state index contributed by atoms with van der Waals surface area (Å²) in [6, 6.07) is 6.91. The van der Waals surface area contributed by atoms with Gasteiger partial charge in [0.2, 0.25) is 0 Å². The van der Waals surface area contributed by atoms with E-state index in [4.69, 9.17) is 16.7 Å². The number of benzene rings is 1. The average Bonchev–Trinajstić information content (AvgIpc) is 2.39. The molecular weight excluding hydrogens is 266 g/mol. The molecule has 0 saturated carbocycles. The second-order valence-electron chi connectivity index (χ2n) is 5.14. The normalized spacial score (nSPS) is 18.1. The number of piperidine rings is 1. The number of carboxylic acid groups (broad SMARTS) is 1. The molecule has 0 bridgehead atoms. The number of rotatable bonds is 2. The molecule has 1 saturated heterocycles. The molecule has 0 spiro atoms. The molecule has 0 aliphatic carbocycles. The number of halogens is 1. The molecule has 1 N–H and O–H groups in total. The molecule has 1 aliphatic heterocycles. The molecule has 1 amide bonds. The first kappa shape index (κ1) is 13.9. The molecule has 1 aromatic rings. The third-order valence-electron chi connectivity index (χ3n) is 3.77. The van der Waals surface area contributed by atoms with Crippen molar-refractivity contribution in [2.24, 2.45) is 5.41 Å². The standard InChI is InChI=1S/C14H16ClNO3/c1-14(13(18)19)6-8-16(9-7-14)12(17)10-4-2-3-5-11(10)15/h2-5H,6-9H2,1H3,(H,18,19). The monoisotopic (exact) mass is 281 g/mol. The van der Waals surface area contributed by atoms with E-state index in [9.17, 15) is 9.59 Å². The number of hydrogen-bond donors (Lipinski definition) is 1. The maximum absolute atomic E-state index is 12.3. The Kier molecular flexibility index (Phi) is 3.80. The van der Waals surface area contributed by atoms with E-state index in [1.807, 2.05) is 0 Å². The molecule has 0 radical (unpaired) electrons. The summed E-state index contributed by atoms with van der Waals surface area (Å²) in [6.07, 6.45) is 0.942. The van der Waals surface area contributed by atoms with Gasteiger partial charge in [0.25, 0.3) is 5.91 Å². The summed E-state index contributed by atoms with van der Waals surface area (Å²) in [5.74, 6) is -0.921. The SMILES string of the molecule is CC1(C(=O)O)CCN(C(=O)c2ccccc2Cl)CC1. The van der Waals surface area contributed by atoms with Gasteiger partial charge < -0.3 is 10.0 Å². The van der Waals surface area contributed by atoms with Crippen molar-refractivity contribution in [3.8, 4) is 0 Å². The van der Waals surface area contributed by atoms with Crippen molar-refractivity contribution >= 4 is 23.5 Å². The van der Waals surface area contributed by atoms with Crippen molar-refractivity contribution in [2.45, 2.75) is 19.8 Å². The van der Waals surface area contributed by atoms with E-state index in [1.165, 1.54) is 0 Å². The molecule has 1 aliphatic rings. The van der Waals surface area contributed by atoms with Crippen LogP contribution in [0.3, 0.4) is 0 Å². The minimum Gasteiger partial charge on any atom is -0.481 e. The number of carbonyl (C=O) groups is 2. The molecule has 1 fully saturated rings. The van der Waals surface area contributed by atoms with E-state index in [1.54, 1.807) is 36.1 Å². The Morgan fingerprint density at radius 3 is 2.37 bits per heavy atom. The van der Waals surface area contributed by atoms with Crippen LogP contribution in [0.25, 0.3) is 0 Å². The van der Waals surface area contributed by atoms with Crippen LogP contribution in [0.15, 0.2) is 24.3 Å². The summed E-state index contributed by atoms with van der Waals surface area (Å²) in [4.78, 5) is 25.1. The second kappa shape index (κ2) is 5.21. The molecule has 1 aromatic carbocycles. The second-order valence-corrected chi connectivity index (χ2v) is 5.55. The molecule has 1 heterocycles. The van der Waals surface area contributed by atoms with Crippen molar-refractivity contribution in [3.63, 3.8) is 0 Å². The lowest BCUT2D eigenvalue weighted by atomic mass is 9.80. The van der Waals surface area contributed by atoms with Gasteiger partial charge in [-0.2, -0.15) is 0 Å². The van der Waals surface area contributed by atoms with Gasteiger partial charge in [-0.3, -0.25) is 9.59 Å². The van der Waals surface area contributed by atoms with Crippen LogP contribution in [0.4, 0.5) is 0 Å². The van der Waals surface area contributed by atoms with Gasteiger partial charge in [0.15, 0.2) is 0 Å². The summed E-state index contributed by atoms with van der Waals surface area (Å²) < 4.78 is 0. The van der Waals surface area contributed by atoms with Crippen LogP contribution in [0.1, 0.15) is 30.1 Å². The smallest absolute Gasteiger partial charge is 0.309 e. The van der Waals surface area contributed by atoms with E-state index in [-0.39, 0.29) is 5.91 Å². The first-order chi connectivity index (χ1) is 8.94. The number of nitrogens with zero attached hydrogens (tertiary/aromatic N) is 1. The number of hydrogen-bond acceptors (Lipinski definition) is 2. The van der Waals surface area contributed by atoms with Gasteiger partial charge in [-0.25, -0.2) is 0 Å². The summed E-state index contributed by atoms with van der Waals surface area (Å²) in [5.41, 5.74) is -0.250. The van der Waals surface area contributed by atoms with Crippen LogP contribution in [0.5, 0.6) is 0 Å². The van der Waals surface area contributed by atoms with Gasteiger partial charge in [-0.05, 0) is 31.9 Å². The first-order valence-electron chi connectivity index (χ1n) is 6.21. The summed E-state index contributed by atoms with van der Waals surface area (Å²) >= 11 is 6.00. The van der Waals surface area contributed by atoms with Crippen molar-refractivity contribution < 1.29 is 14.7 Å². The zero-order valence-corrected chi connectivity index (χ0v) is 11.5. The van der Waals surface area contributed by atoms with Crippen LogP contribution < -0.4 is 0 Å². The van der Waals surface area contributed by atoms with Gasteiger partial charge in [0, 0.05) is 13.1 Å². The summed E-state index contributed by atoms with van der Waals surface area (Å²) in [5, 5.41) is 9.59. The molecule has 4 nitrogen and oxygen atoms in total. The zero-order chi connectivity index (χ0) is 14.0. The maximum Gasteiger partial charge on any atom is 0.309 e. The first-order valence-corrected chi connectivity index (χ1v) is 6.59. The lowest BCUT2D eigenvalue weighted by Gasteiger charge is -2.36. The predicted molar refractivity (Wildman–Crippen MR) is 72.3 cm³/mol. The van der Waals surface area contributed by atoms with Crippen molar-refractivity contribution in [3.05, 3.63) is 34.9 Å². The van der Waals surface area contributed by atoms with Crippen molar-refractivity contribution in [1.82, 2.24) is 4.90 Å². The largest absolute Gasteiger partial charge is 0.481 e. The van der Waals surface area contributed by atoms with Gasteiger partial charge >= 0.3 is 5.97 Å². The zero-order valence-electron chi connectivity index (χ0n) is 10.7. The fourth-order valence-corrected chi connectivity index (χ4v) is 2.44. The highest BCUT2D eigenvalue weighted by Gasteiger charge is 2.38. The molecule has 0 unspecified atom stereocenters. The Hall–Kier alpha value is -1.55. The number of carbonyl (C=O) groups excluding carboxylic acids is 1. The Morgan fingerprint density at radius 2 is 1.84 bits per heavy atom. The van der Waals surface area contributed by atoms with Crippen LogP contribution in [0, 0.1) is 5.41 Å². The van der Waals surface area contributed by atoms with E-state index >= 15 is 0 Å². The Labute approximate surface area is 117 Å². The highest BCUT2D eigenvalue weighted by Crippen LogP contribution is 2.32. The van der Waals surface area contributed by atoms with E-state index < -0.39 is 11.4 Å². The highest BCUT2D eigenvalue weighted by molar-refractivity contribution is 6.33. The summed E-state index contributed by atoms with van der Waals surface area (Å²) in [7, 11) is 0. The van der Waals surface area contributed by atoms with Gasteiger partial charge in [-0.1, -0.05) is 23.7 Å². The highest BCUT2D eigenvalue weighted by atomic mass is 35.5. The molecule has 102 valence electrons. The topological polar surface area (TPSA) is 57.6 Å². The molecular formula is C14H16ClNO3. The number of aliphatic carboxylic acids is 1. The third kappa shape index (κ3) is 2.73. The van der Waals surface area contributed by atoms with E-state index in [0.29, 0.717) is 36.5 Å². The Bertz CT molecular complexity index is 507. The lowest BCUT2D eigenvalue weighted by molar-refractivity contribution is -0.150. The Morgan fingerprint density at radius 1 is 1.26 bits per heavy atom. The van der Waals surface area contributed by atoms with Gasteiger partial charge in [0.05, 0.1) is 16.0 Å². The fourth-order valence-electron chi connectivity index (χ4n) is 2.22. The quantitative estimate of drug-likeness (QED) is 0.907. The van der Waals surface area contributed by atoms with Crippen LogP contribution >= 0.6 is 11.6 Å². The fraction of sp³-hybridized carbons (Fsp3) is 0.429. The molecule has 19 heavy (non-hydrogen) atoms. The number of likely N-dealkylation sites (tertiary alicyclic amines) is 1. The predicted octanol–water partition coefficient (Wildman–Crippen LogP) is 2.67. The summed E-state index contributed by atoms with van der Waals surface area (Å²) in [6.45, 7) is 2.63. The number of amides is 1. The number of carboxylic acids is 1. The average molecular weight is 282 g/mol. The van der Waals surface area contributed by atoms with E-state index in [2.05, 4.69) is 0 Å². The maximum atomic E-state index is 12.3. The van der Waals surface area contributed by atoms with Crippen molar-refractivity contribution in [2.75, 3.05) is 13.1 Å².